The average molecular weight is 356 g/mol. The molecular formula is C16H21FN2O4S. The summed E-state index contributed by atoms with van der Waals surface area (Å²) in [4.78, 5) is 14.2. The molecular weight excluding hydrogens is 335 g/mol. The topological polar surface area (TPSA) is 75.7 Å². The number of halogens is 1. The van der Waals surface area contributed by atoms with Gasteiger partial charge in [-0.05, 0) is 44.1 Å². The molecule has 1 amide bonds. The number of nitrogens with zero attached hydrogens (tertiary/aromatic N) is 1. The Hall–Kier alpha value is -1.67. The maximum Gasteiger partial charge on any atom is 0.263 e. The first-order chi connectivity index (χ1) is 11.4. The molecule has 0 radical (unpaired) electrons. The van der Waals surface area contributed by atoms with Crippen LogP contribution in [-0.4, -0.2) is 57.3 Å². The SMILES string of the molecule is CS(=O)(=O)c1ccc(O[C@H]2CCN(C3CCNCC3)C2=O)c(F)c1. The van der Waals surface area contributed by atoms with Crippen molar-refractivity contribution >= 4 is 15.7 Å². The fourth-order valence-corrected chi connectivity index (χ4v) is 3.86. The van der Waals surface area contributed by atoms with Crippen molar-refractivity contribution in [2.75, 3.05) is 25.9 Å². The minimum absolute atomic E-state index is 0.0899. The Morgan fingerprint density at radius 2 is 1.96 bits per heavy atom. The highest BCUT2D eigenvalue weighted by molar-refractivity contribution is 7.90. The second kappa shape index (κ2) is 6.68. The lowest BCUT2D eigenvalue weighted by molar-refractivity contribution is -0.135. The van der Waals surface area contributed by atoms with Crippen LogP contribution in [0, 0.1) is 5.82 Å². The molecule has 1 N–H and O–H groups in total. The summed E-state index contributed by atoms with van der Waals surface area (Å²) in [5.74, 6) is -0.979. The van der Waals surface area contributed by atoms with Gasteiger partial charge in [-0.3, -0.25) is 4.79 Å². The predicted octanol–water partition coefficient (Wildman–Crippen LogP) is 0.961. The van der Waals surface area contributed by atoms with Crippen LogP contribution in [0.4, 0.5) is 4.39 Å². The molecule has 132 valence electrons. The quantitative estimate of drug-likeness (QED) is 0.870. The number of carbonyl (C=O) groups is 1. The van der Waals surface area contributed by atoms with Gasteiger partial charge < -0.3 is 15.0 Å². The Balaban J connectivity index is 1.69. The molecule has 2 heterocycles. The standard InChI is InChI=1S/C16H21FN2O4S/c1-24(21,22)12-2-3-14(13(17)10-12)23-15-6-9-19(16(15)20)11-4-7-18-8-5-11/h2-3,10-11,15,18H,4-9H2,1H3/t15-/m0/s1. The van der Waals surface area contributed by atoms with E-state index in [1.54, 1.807) is 0 Å². The van der Waals surface area contributed by atoms with E-state index in [1.807, 2.05) is 4.90 Å². The number of hydrogen-bond acceptors (Lipinski definition) is 5. The van der Waals surface area contributed by atoms with Gasteiger partial charge in [0, 0.05) is 25.3 Å². The van der Waals surface area contributed by atoms with E-state index in [1.165, 1.54) is 12.1 Å². The lowest BCUT2D eigenvalue weighted by atomic mass is 10.1. The van der Waals surface area contributed by atoms with E-state index in [4.69, 9.17) is 4.74 Å². The van der Waals surface area contributed by atoms with E-state index in [9.17, 15) is 17.6 Å². The summed E-state index contributed by atoms with van der Waals surface area (Å²) in [6, 6.07) is 3.70. The van der Waals surface area contributed by atoms with Gasteiger partial charge in [-0.1, -0.05) is 0 Å². The van der Waals surface area contributed by atoms with E-state index in [-0.39, 0.29) is 22.6 Å². The maximum absolute atomic E-state index is 14.1. The number of likely N-dealkylation sites (tertiary alicyclic amines) is 1. The molecule has 0 saturated carbocycles. The molecule has 0 spiro atoms. The molecule has 6 nitrogen and oxygen atoms in total. The number of ether oxygens (including phenoxy) is 1. The van der Waals surface area contributed by atoms with Crippen LogP contribution in [0.3, 0.4) is 0 Å². The van der Waals surface area contributed by atoms with E-state index in [2.05, 4.69) is 5.32 Å². The summed E-state index contributed by atoms with van der Waals surface area (Å²) in [7, 11) is -3.48. The molecule has 0 bridgehead atoms. The van der Waals surface area contributed by atoms with E-state index < -0.39 is 21.8 Å². The molecule has 2 fully saturated rings. The summed E-state index contributed by atoms with van der Waals surface area (Å²) in [5, 5.41) is 3.26. The van der Waals surface area contributed by atoms with Crippen LogP contribution in [-0.2, 0) is 14.6 Å². The van der Waals surface area contributed by atoms with Gasteiger partial charge in [0.05, 0.1) is 4.90 Å². The summed E-state index contributed by atoms with van der Waals surface area (Å²) >= 11 is 0. The number of amides is 1. The molecule has 0 unspecified atom stereocenters. The van der Waals surface area contributed by atoms with Crippen LogP contribution in [0.1, 0.15) is 19.3 Å². The lowest BCUT2D eigenvalue weighted by Gasteiger charge is -2.31. The number of carbonyl (C=O) groups excluding carboxylic acids is 1. The first kappa shape index (κ1) is 17.2. The fourth-order valence-electron chi connectivity index (χ4n) is 3.23. The minimum atomic E-state index is -3.48. The number of piperidine rings is 1. The zero-order valence-electron chi connectivity index (χ0n) is 13.5. The Morgan fingerprint density at radius 1 is 1.25 bits per heavy atom. The van der Waals surface area contributed by atoms with Gasteiger partial charge in [0.15, 0.2) is 27.5 Å². The van der Waals surface area contributed by atoms with Crippen LogP contribution in [0.25, 0.3) is 0 Å². The van der Waals surface area contributed by atoms with Gasteiger partial charge in [0.1, 0.15) is 0 Å². The molecule has 2 aliphatic heterocycles. The zero-order valence-corrected chi connectivity index (χ0v) is 14.3. The summed E-state index contributed by atoms with van der Waals surface area (Å²) in [5.41, 5.74) is 0. The van der Waals surface area contributed by atoms with Gasteiger partial charge in [-0.25, -0.2) is 12.8 Å². The smallest absolute Gasteiger partial charge is 0.263 e. The maximum atomic E-state index is 14.1. The molecule has 1 atom stereocenters. The zero-order chi connectivity index (χ0) is 17.3. The van der Waals surface area contributed by atoms with E-state index >= 15 is 0 Å². The highest BCUT2D eigenvalue weighted by atomic mass is 32.2. The molecule has 24 heavy (non-hydrogen) atoms. The molecule has 1 aromatic rings. The molecule has 1 aromatic carbocycles. The van der Waals surface area contributed by atoms with Gasteiger partial charge in [-0.15, -0.1) is 0 Å². The van der Waals surface area contributed by atoms with Crippen molar-refractivity contribution in [1.82, 2.24) is 10.2 Å². The molecule has 2 saturated heterocycles. The highest BCUT2D eigenvalue weighted by Gasteiger charge is 2.38. The van der Waals surface area contributed by atoms with Crippen molar-refractivity contribution in [1.29, 1.82) is 0 Å². The van der Waals surface area contributed by atoms with Crippen molar-refractivity contribution in [3.05, 3.63) is 24.0 Å². The Labute approximate surface area is 140 Å². The number of benzene rings is 1. The average Bonchev–Trinajstić information content (AvgIpc) is 2.90. The number of nitrogens with one attached hydrogen (secondary N) is 1. The molecule has 2 aliphatic rings. The minimum Gasteiger partial charge on any atom is -0.477 e. The first-order valence-corrected chi connectivity index (χ1v) is 9.93. The largest absolute Gasteiger partial charge is 0.477 e. The van der Waals surface area contributed by atoms with E-state index in [0.717, 1.165) is 38.3 Å². The van der Waals surface area contributed by atoms with Gasteiger partial charge in [0.25, 0.3) is 5.91 Å². The first-order valence-electron chi connectivity index (χ1n) is 8.04. The second-order valence-corrected chi connectivity index (χ2v) is 8.29. The summed E-state index contributed by atoms with van der Waals surface area (Å²) in [6.07, 6.45) is 2.64. The monoisotopic (exact) mass is 356 g/mol. The Bertz CT molecular complexity index is 732. The van der Waals surface area contributed by atoms with Crippen molar-refractivity contribution in [2.24, 2.45) is 0 Å². The van der Waals surface area contributed by atoms with Crippen LogP contribution in [0.2, 0.25) is 0 Å². The van der Waals surface area contributed by atoms with Crippen molar-refractivity contribution < 1.29 is 22.3 Å². The third-order valence-corrected chi connectivity index (χ3v) is 5.65. The van der Waals surface area contributed by atoms with Crippen molar-refractivity contribution in [3.8, 4) is 5.75 Å². The van der Waals surface area contributed by atoms with Crippen LogP contribution in [0.15, 0.2) is 23.1 Å². The Kier molecular flexibility index (Phi) is 4.78. The third kappa shape index (κ3) is 3.54. The molecule has 3 rings (SSSR count). The van der Waals surface area contributed by atoms with Gasteiger partial charge in [-0.2, -0.15) is 0 Å². The van der Waals surface area contributed by atoms with Crippen LogP contribution >= 0.6 is 0 Å². The molecule has 0 aliphatic carbocycles. The normalized spacial score (nSPS) is 22.8. The number of hydrogen-bond donors (Lipinski definition) is 1. The third-order valence-electron chi connectivity index (χ3n) is 4.54. The van der Waals surface area contributed by atoms with Gasteiger partial charge >= 0.3 is 0 Å². The van der Waals surface area contributed by atoms with Crippen molar-refractivity contribution in [3.63, 3.8) is 0 Å². The predicted molar refractivity (Wildman–Crippen MR) is 86.1 cm³/mol. The second-order valence-electron chi connectivity index (χ2n) is 6.27. The van der Waals surface area contributed by atoms with Crippen LogP contribution in [0.5, 0.6) is 5.75 Å². The van der Waals surface area contributed by atoms with Crippen LogP contribution < -0.4 is 10.1 Å². The number of sulfone groups is 1. The van der Waals surface area contributed by atoms with Gasteiger partial charge in [0.2, 0.25) is 0 Å². The lowest BCUT2D eigenvalue weighted by Crippen LogP contribution is -2.45. The molecule has 8 heteroatoms. The van der Waals surface area contributed by atoms with Crippen molar-refractivity contribution in [2.45, 2.75) is 36.3 Å². The Morgan fingerprint density at radius 3 is 2.58 bits per heavy atom. The van der Waals surface area contributed by atoms with E-state index in [0.29, 0.717) is 13.0 Å². The molecule has 0 aromatic heterocycles. The number of rotatable bonds is 4. The summed E-state index contributed by atoms with van der Waals surface area (Å²) < 4.78 is 42.5. The highest BCUT2D eigenvalue weighted by Crippen LogP contribution is 2.27. The fraction of sp³-hybridized carbons (Fsp3) is 0.562. The summed E-state index contributed by atoms with van der Waals surface area (Å²) in [6.45, 7) is 2.39.